The van der Waals surface area contributed by atoms with Gasteiger partial charge in [-0.25, -0.2) is 4.98 Å². The third kappa shape index (κ3) is 2.99. The summed E-state index contributed by atoms with van der Waals surface area (Å²) < 4.78 is 1.08. The van der Waals surface area contributed by atoms with Crippen molar-refractivity contribution in [3.05, 3.63) is 34.1 Å². The van der Waals surface area contributed by atoms with Crippen LogP contribution in [-0.2, 0) is 0 Å². The first-order chi connectivity index (χ1) is 9.24. The van der Waals surface area contributed by atoms with E-state index >= 15 is 0 Å². The molecule has 19 heavy (non-hydrogen) atoms. The van der Waals surface area contributed by atoms with Crippen molar-refractivity contribution in [2.75, 3.05) is 11.9 Å². The minimum absolute atomic E-state index is 0.306. The number of aromatic nitrogens is 1. The lowest BCUT2D eigenvalue weighted by atomic mass is 9.81. The van der Waals surface area contributed by atoms with E-state index in [4.69, 9.17) is 5.11 Å². The average Bonchev–Trinajstić information content (AvgIpc) is 2.82. The minimum atomic E-state index is 0.306. The van der Waals surface area contributed by atoms with Gasteiger partial charge in [0.2, 0.25) is 0 Å². The number of hydrogen-bond donors (Lipinski definition) is 2. The number of halogens is 1. The first kappa shape index (κ1) is 13.1. The van der Waals surface area contributed by atoms with Gasteiger partial charge in [-0.05, 0) is 30.9 Å². The standard InChI is InChI=1S/C14H15BrN2OS/c15-11-3-1-10(2-4-11)13-8-19-14(17-13)16-12-5-9(6-12)7-18/h1-4,8-9,12,18H,5-7H2,(H,16,17). The van der Waals surface area contributed by atoms with Gasteiger partial charge in [-0.15, -0.1) is 11.3 Å². The van der Waals surface area contributed by atoms with Crippen LogP contribution in [0.1, 0.15) is 12.8 Å². The Balaban J connectivity index is 1.65. The molecule has 1 aromatic heterocycles. The highest BCUT2D eigenvalue weighted by Crippen LogP contribution is 2.32. The second-order valence-electron chi connectivity index (χ2n) is 4.91. The van der Waals surface area contributed by atoms with E-state index in [1.807, 2.05) is 12.1 Å². The molecule has 3 rings (SSSR count). The summed E-state index contributed by atoms with van der Waals surface area (Å²) >= 11 is 5.07. The van der Waals surface area contributed by atoms with Crippen molar-refractivity contribution in [2.24, 2.45) is 5.92 Å². The number of aliphatic hydroxyl groups excluding tert-OH is 1. The summed E-state index contributed by atoms with van der Waals surface area (Å²) in [6, 6.07) is 8.65. The van der Waals surface area contributed by atoms with Gasteiger partial charge in [0.1, 0.15) is 0 Å². The van der Waals surface area contributed by atoms with Crippen LogP contribution in [0.4, 0.5) is 5.13 Å². The van der Waals surface area contributed by atoms with Crippen LogP contribution < -0.4 is 5.32 Å². The van der Waals surface area contributed by atoms with E-state index in [-0.39, 0.29) is 0 Å². The van der Waals surface area contributed by atoms with Crippen molar-refractivity contribution in [1.82, 2.24) is 4.98 Å². The molecule has 0 saturated heterocycles. The van der Waals surface area contributed by atoms with Crippen LogP contribution in [0, 0.1) is 5.92 Å². The third-order valence-electron chi connectivity index (χ3n) is 3.47. The molecule has 1 fully saturated rings. The maximum Gasteiger partial charge on any atom is 0.183 e. The highest BCUT2D eigenvalue weighted by Gasteiger charge is 2.28. The van der Waals surface area contributed by atoms with Gasteiger partial charge in [0.15, 0.2) is 5.13 Å². The van der Waals surface area contributed by atoms with Gasteiger partial charge in [-0.2, -0.15) is 0 Å². The van der Waals surface area contributed by atoms with E-state index in [1.165, 1.54) is 0 Å². The Hall–Kier alpha value is -0.910. The van der Waals surface area contributed by atoms with E-state index < -0.39 is 0 Å². The summed E-state index contributed by atoms with van der Waals surface area (Å²) in [5.74, 6) is 0.475. The average molecular weight is 339 g/mol. The van der Waals surface area contributed by atoms with E-state index in [0.717, 1.165) is 33.7 Å². The molecule has 0 radical (unpaired) electrons. The molecule has 5 heteroatoms. The maximum absolute atomic E-state index is 9.00. The quantitative estimate of drug-likeness (QED) is 0.892. The molecule has 1 heterocycles. The zero-order chi connectivity index (χ0) is 13.2. The SMILES string of the molecule is OCC1CC(Nc2nc(-c3ccc(Br)cc3)cs2)C1. The molecule has 1 saturated carbocycles. The van der Waals surface area contributed by atoms with Crippen LogP contribution in [0.2, 0.25) is 0 Å². The molecule has 1 aliphatic carbocycles. The lowest BCUT2D eigenvalue weighted by Crippen LogP contribution is -2.37. The first-order valence-electron chi connectivity index (χ1n) is 6.33. The third-order valence-corrected chi connectivity index (χ3v) is 4.77. The van der Waals surface area contributed by atoms with Gasteiger partial charge in [0.25, 0.3) is 0 Å². The summed E-state index contributed by atoms with van der Waals surface area (Å²) in [4.78, 5) is 4.61. The fourth-order valence-corrected chi connectivity index (χ4v) is 3.33. The van der Waals surface area contributed by atoms with E-state index in [2.05, 4.69) is 43.7 Å². The number of anilines is 1. The largest absolute Gasteiger partial charge is 0.396 e. The molecule has 100 valence electrons. The zero-order valence-corrected chi connectivity index (χ0v) is 12.7. The summed E-state index contributed by atoms with van der Waals surface area (Å²) in [5, 5.41) is 15.5. The van der Waals surface area contributed by atoms with Crippen LogP contribution in [0.5, 0.6) is 0 Å². The van der Waals surface area contributed by atoms with Gasteiger partial charge < -0.3 is 10.4 Å². The van der Waals surface area contributed by atoms with Crippen molar-refractivity contribution in [3.63, 3.8) is 0 Å². The smallest absolute Gasteiger partial charge is 0.183 e. The second-order valence-corrected chi connectivity index (χ2v) is 6.68. The van der Waals surface area contributed by atoms with Gasteiger partial charge in [-0.1, -0.05) is 28.1 Å². The van der Waals surface area contributed by atoms with E-state index in [1.54, 1.807) is 11.3 Å². The Labute approximate surface area is 124 Å². The molecule has 2 N–H and O–H groups in total. The number of aliphatic hydroxyl groups is 1. The summed E-state index contributed by atoms with van der Waals surface area (Å²) in [5.41, 5.74) is 2.15. The fraction of sp³-hybridized carbons (Fsp3) is 0.357. The van der Waals surface area contributed by atoms with Crippen molar-refractivity contribution in [2.45, 2.75) is 18.9 Å². The Kier molecular flexibility index (Phi) is 3.86. The molecule has 1 aliphatic rings. The van der Waals surface area contributed by atoms with E-state index in [9.17, 15) is 0 Å². The van der Waals surface area contributed by atoms with E-state index in [0.29, 0.717) is 18.6 Å². The van der Waals surface area contributed by atoms with Crippen molar-refractivity contribution in [3.8, 4) is 11.3 Å². The van der Waals surface area contributed by atoms with Crippen molar-refractivity contribution < 1.29 is 5.11 Å². The predicted octanol–water partition coefficient (Wildman–Crippen LogP) is 3.76. The van der Waals surface area contributed by atoms with Gasteiger partial charge in [0, 0.05) is 28.1 Å². The van der Waals surface area contributed by atoms with Crippen LogP contribution >= 0.6 is 27.3 Å². The highest BCUT2D eigenvalue weighted by molar-refractivity contribution is 9.10. The topological polar surface area (TPSA) is 45.1 Å². The summed E-state index contributed by atoms with van der Waals surface area (Å²) in [6.07, 6.45) is 2.09. The number of hydrogen-bond acceptors (Lipinski definition) is 4. The van der Waals surface area contributed by atoms with Crippen LogP contribution in [-0.4, -0.2) is 22.7 Å². The molecular weight excluding hydrogens is 324 g/mol. The van der Waals surface area contributed by atoms with Crippen LogP contribution in [0.25, 0.3) is 11.3 Å². The number of nitrogens with zero attached hydrogens (tertiary/aromatic N) is 1. The molecule has 0 bridgehead atoms. The molecule has 0 aliphatic heterocycles. The number of benzene rings is 1. The Morgan fingerprint density at radius 3 is 2.74 bits per heavy atom. The van der Waals surface area contributed by atoms with Crippen molar-refractivity contribution in [1.29, 1.82) is 0 Å². The Morgan fingerprint density at radius 2 is 2.05 bits per heavy atom. The summed E-state index contributed by atoms with van der Waals surface area (Å²) in [6.45, 7) is 0.306. The van der Waals surface area contributed by atoms with Crippen LogP contribution in [0.15, 0.2) is 34.1 Å². The zero-order valence-electron chi connectivity index (χ0n) is 10.3. The molecule has 1 aromatic carbocycles. The van der Waals surface area contributed by atoms with Gasteiger partial charge >= 0.3 is 0 Å². The molecule has 2 aromatic rings. The molecule has 0 spiro atoms. The van der Waals surface area contributed by atoms with Crippen molar-refractivity contribution >= 4 is 32.4 Å². The Bertz CT molecular complexity index is 549. The predicted molar refractivity (Wildman–Crippen MR) is 82.5 cm³/mol. The van der Waals surface area contributed by atoms with Crippen LogP contribution in [0.3, 0.4) is 0 Å². The summed E-state index contributed by atoms with van der Waals surface area (Å²) in [7, 11) is 0. The monoisotopic (exact) mass is 338 g/mol. The molecule has 0 amide bonds. The lowest BCUT2D eigenvalue weighted by Gasteiger charge is -2.34. The molecular formula is C14H15BrN2OS. The normalized spacial score (nSPS) is 22.0. The number of nitrogens with one attached hydrogen (secondary N) is 1. The molecule has 3 nitrogen and oxygen atoms in total. The molecule has 0 unspecified atom stereocenters. The first-order valence-corrected chi connectivity index (χ1v) is 8.00. The maximum atomic E-state index is 9.00. The lowest BCUT2D eigenvalue weighted by molar-refractivity contribution is 0.151. The number of thiazole rings is 1. The Morgan fingerprint density at radius 1 is 1.32 bits per heavy atom. The highest BCUT2D eigenvalue weighted by atomic mass is 79.9. The number of rotatable bonds is 4. The second kappa shape index (κ2) is 5.61. The fourth-order valence-electron chi connectivity index (χ4n) is 2.27. The minimum Gasteiger partial charge on any atom is -0.396 e. The van der Waals surface area contributed by atoms with Gasteiger partial charge in [0.05, 0.1) is 5.69 Å². The van der Waals surface area contributed by atoms with Gasteiger partial charge in [-0.3, -0.25) is 0 Å². The molecule has 0 atom stereocenters.